The predicted octanol–water partition coefficient (Wildman–Crippen LogP) is 9.28. The van der Waals surface area contributed by atoms with E-state index >= 15 is 0 Å². The van der Waals surface area contributed by atoms with Gasteiger partial charge in [0, 0.05) is 41.2 Å². The van der Waals surface area contributed by atoms with Crippen LogP contribution < -0.4 is 21.1 Å². The van der Waals surface area contributed by atoms with Crippen molar-refractivity contribution in [2.75, 3.05) is 32.1 Å². The molecule has 2 amide bonds. The molecule has 1 atom stereocenters. The number of allylic oxidation sites excluding steroid dienone is 1. The average molecular weight is 748 g/mol. The molecule has 10 heteroatoms. The molecule has 4 aromatic carbocycles. The summed E-state index contributed by atoms with van der Waals surface area (Å²) >= 11 is 0. The summed E-state index contributed by atoms with van der Waals surface area (Å²) in [6, 6.07) is 20.6. The molecule has 0 saturated carbocycles. The SMILES string of the molecule is C/C=C(\N=C(CC)CN(CC(C)(C)N)C(=O)[C@H](NC(=O)OC)c1ccccc1)c1ccc2c(c1)COc1c-2cc2ccc(C)c(NCCCCCC)c2c1O. The number of benzene rings is 4. The van der Waals surface area contributed by atoms with E-state index in [1.807, 2.05) is 58.0 Å². The summed E-state index contributed by atoms with van der Waals surface area (Å²) < 4.78 is 11.2. The number of phenolic OH excluding ortho intramolecular Hbond substituents is 1. The molecule has 5 rings (SSSR count). The molecular weight excluding hydrogens is 691 g/mol. The standard InChI is InChI=1S/C45H57N5O5/c1-8-11-12-16-23-47-39-29(4)19-20-32-25-36-35-22-21-31(24-33(35)27-55-42(36)41(51)38(32)39)37(10-3)48-34(9-2)26-50(28-45(5,6)46)43(52)40(49-44(53)54-7)30-17-14-13-15-18-30/h10,13-15,17-22,24-25,40,47,51H,8-9,11-12,16,23,26-28,46H2,1-7H3,(H,49,53)/b37-10-,48-34?/t40-/m1/s1. The fourth-order valence-corrected chi connectivity index (χ4v) is 7.09. The summed E-state index contributed by atoms with van der Waals surface area (Å²) in [6.07, 6.45) is 6.48. The van der Waals surface area contributed by atoms with Gasteiger partial charge in [-0.3, -0.25) is 9.79 Å². The summed E-state index contributed by atoms with van der Waals surface area (Å²) in [6.45, 7) is 13.5. The molecule has 4 aromatic rings. The van der Waals surface area contributed by atoms with Gasteiger partial charge in [0.05, 0.1) is 24.7 Å². The van der Waals surface area contributed by atoms with E-state index < -0.39 is 17.7 Å². The number of carbonyl (C=O) groups is 2. The number of alkyl carbamates (subject to hydrolysis) is 1. The van der Waals surface area contributed by atoms with Gasteiger partial charge >= 0.3 is 6.09 Å². The molecule has 0 aliphatic carbocycles. The van der Waals surface area contributed by atoms with Gasteiger partial charge in [-0.05, 0) is 80.3 Å². The number of nitrogens with two attached hydrogens (primary N) is 1. The van der Waals surface area contributed by atoms with Gasteiger partial charge in [-0.1, -0.05) is 93.8 Å². The summed E-state index contributed by atoms with van der Waals surface area (Å²) in [4.78, 5) is 33.4. The van der Waals surface area contributed by atoms with Crippen LogP contribution in [-0.4, -0.2) is 60.0 Å². The normalized spacial score (nSPS) is 13.4. The van der Waals surface area contributed by atoms with Gasteiger partial charge in [0.2, 0.25) is 5.91 Å². The van der Waals surface area contributed by atoms with Crippen molar-refractivity contribution in [1.82, 2.24) is 10.2 Å². The molecule has 292 valence electrons. The first-order valence-electron chi connectivity index (χ1n) is 19.4. The Kier molecular flexibility index (Phi) is 13.6. The maximum Gasteiger partial charge on any atom is 0.407 e. The van der Waals surface area contributed by atoms with Crippen molar-refractivity contribution < 1.29 is 24.2 Å². The third-order valence-corrected chi connectivity index (χ3v) is 9.91. The molecular formula is C45H57N5O5. The maximum absolute atomic E-state index is 14.2. The minimum absolute atomic E-state index is 0.157. The minimum atomic E-state index is -0.974. The Morgan fingerprint density at radius 3 is 2.49 bits per heavy atom. The number of anilines is 1. The number of aromatic hydroxyl groups is 1. The van der Waals surface area contributed by atoms with Gasteiger partial charge in [-0.2, -0.15) is 0 Å². The summed E-state index contributed by atoms with van der Waals surface area (Å²) in [7, 11) is 1.27. The van der Waals surface area contributed by atoms with Gasteiger partial charge in [0.1, 0.15) is 12.6 Å². The number of nitrogens with one attached hydrogen (secondary N) is 2. The van der Waals surface area contributed by atoms with Crippen LogP contribution in [0.1, 0.15) is 95.0 Å². The zero-order valence-electron chi connectivity index (χ0n) is 33.4. The molecule has 0 unspecified atom stereocenters. The summed E-state index contributed by atoms with van der Waals surface area (Å²) in [5, 5.41) is 19.7. The van der Waals surface area contributed by atoms with Crippen LogP contribution in [0.4, 0.5) is 10.5 Å². The largest absolute Gasteiger partial charge is 0.504 e. The molecule has 5 N–H and O–H groups in total. The number of amides is 2. The van der Waals surface area contributed by atoms with Crippen LogP contribution in [0.5, 0.6) is 11.5 Å². The van der Waals surface area contributed by atoms with E-state index in [2.05, 4.69) is 54.8 Å². The third-order valence-electron chi connectivity index (χ3n) is 9.91. The summed E-state index contributed by atoms with van der Waals surface area (Å²) in [5.41, 5.74) is 13.7. The number of aryl methyl sites for hydroxylation is 1. The van der Waals surface area contributed by atoms with Crippen molar-refractivity contribution in [3.8, 4) is 22.6 Å². The fraction of sp³-hybridized carbons (Fsp3) is 0.400. The fourth-order valence-electron chi connectivity index (χ4n) is 7.09. The van der Waals surface area contributed by atoms with E-state index in [-0.39, 0.29) is 24.7 Å². The van der Waals surface area contributed by atoms with Gasteiger partial charge < -0.3 is 35.8 Å². The van der Waals surface area contributed by atoms with E-state index in [9.17, 15) is 14.7 Å². The molecule has 1 heterocycles. The highest BCUT2D eigenvalue weighted by molar-refractivity contribution is 6.05. The number of carbonyl (C=O) groups excluding carboxylic acids is 2. The lowest BCUT2D eigenvalue weighted by atomic mass is 9.91. The number of phenols is 1. The Morgan fingerprint density at radius 1 is 1.05 bits per heavy atom. The number of fused-ring (bicyclic) bond motifs is 4. The lowest BCUT2D eigenvalue weighted by Crippen LogP contribution is -2.52. The topological polar surface area (TPSA) is 139 Å². The van der Waals surface area contributed by atoms with Crippen LogP contribution >= 0.6 is 0 Å². The van der Waals surface area contributed by atoms with Crippen molar-refractivity contribution in [3.05, 3.63) is 95.1 Å². The van der Waals surface area contributed by atoms with Crippen LogP contribution in [0.3, 0.4) is 0 Å². The van der Waals surface area contributed by atoms with Crippen LogP contribution in [0, 0.1) is 6.92 Å². The highest BCUT2D eigenvalue weighted by Gasteiger charge is 2.31. The molecule has 10 nitrogen and oxygen atoms in total. The molecule has 0 bridgehead atoms. The zero-order valence-corrected chi connectivity index (χ0v) is 33.4. The van der Waals surface area contributed by atoms with E-state index in [0.29, 0.717) is 24.3 Å². The van der Waals surface area contributed by atoms with Crippen LogP contribution in [0.2, 0.25) is 0 Å². The second kappa shape index (κ2) is 18.3. The monoisotopic (exact) mass is 747 g/mol. The maximum atomic E-state index is 14.2. The number of methoxy groups -OCH3 is 1. The Balaban J connectivity index is 1.44. The molecule has 0 saturated heterocycles. The van der Waals surface area contributed by atoms with Crippen molar-refractivity contribution in [2.45, 2.75) is 91.8 Å². The van der Waals surface area contributed by atoms with Crippen molar-refractivity contribution in [3.63, 3.8) is 0 Å². The van der Waals surface area contributed by atoms with Crippen LogP contribution in [0.25, 0.3) is 27.6 Å². The number of ether oxygens (including phenoxy) is 2. The first-order chi connectivity index (χ1) is 26.4. The van der Waals surface area contributed by atoms with Crippen molar-refractivity contribution in [1.29, 1.82) is 0 Å². The summed E-state index contributed by atoms with van der Waals surface area (Å²) in [5.74, 6) is 0.334. The first-order valence-corrected chi connectivity index (χ1v) is 19.4. The van der Waals surface area contributed by atoms with Crippen LogP contribution in [0.15, 0.2) is 77.8 Å². The third kappa shape index (κ3) is 9.85. The number of hydrogen-bond acceptors (Lipinski definition) is 8. The first kappa shape index (κ1) is 40.8. The number of aliphatic imine (C=N–C) groups is 1. The highest BCUT2D eigenvalue weighted by Crippen LogP contribution is 2.49. The van der Waals surface area contributed by atoms with Crippen molar-refractivity contribution >= 4 is 39.9 Å². The van der Waals surface area contributed by atoms with Gasteiger partial charge in [0.15, 0.2) is 11.5 Å². The van der Waals surface area contributed by atoms with Crippen LogP contribution in [-0.2, 0) is 16.1 Å². The van der Waals surface area contributed by atoms with Gasteiger partial charge in [0.25, 0.3) is 0 Å². The Bertz CT molecular complexity index is 2050. The molecule has 1 aliphatic heterocycles. The molecule has 0 radical (unpaired) electrons. The van der Waals surface area contributed by atoms with E-state index in [1.165, 1.54) is 26.4 Å². The molecule has 0 aromatic heterocycles. The van der Waals surface area contributed by atoms with Crippen molar-refractivity contribution in [2.24, 2.45) is 10.7 Å². The molecule has 0 spiro atoms. The number of unbranched alkanes of at least 4 members (excludes halogenated alkanes) is 3. The second-order valence-corrected chi connectivity index (χ2v) is 15.0. The van der Waals surface area contributed by atoms with E-state index in [4.69, 9.17) is 20.2 Å². The highest BCUT2D eigenvalue weighted by atomic mass is 16.5. The van der Waals surface area contributed by atoms with E-state index in [0.717, 1.165) is 68.7 Å². The minimum Gasteiger partial charge on any atom is -0.504 e. The van der Waals surface area contributed by atoms with Gasteiger partial charge in [-0.15, -0.1) is 0 Å². The smallest absolute Gasteiger partial charge is 0.407 e. The quantitative estimate of drug-likeness (QED) is 0.0662. The lowest BCUT2D eigenvalue weighted by Gasteiger charge is -2.33. The lowest BCUT2D eigenvalue weighted by molar-refractivity contribution is -0.133. The molecule has 1 aliphatic rings. The Labute approximate surface area is 325 Å². The Hall–Kier alpha value is -5.35. The number of nitrogens with zero attached hydrogens (tertiary/aromatic N) is 2. The predicted molar refractivity (Wildman–Crippen MR) is 224 cm³/mol. The molecule has 0 fully saturated rings. The van der Waals surface area contributed by atoms with Gasteiger partial charge in [-0.25, -0.2) is 4.79 Å². The molecule has 55 heavy (non-hydrogen) atoms. The Morgan fingerprint density at radius 2 is 1.82 bits per heavy atom. The second-order valence-electron chi connectivity index (χ2n) is 15.0. The average Bonchev–Trinajstić information content (AvgIpc) is 3.18. The number of hydrogen-bond donors (Lipinski definition) is 4. The zero-order chi connectivity index (χ0) is 39.7. The number of rotatable bonds is 16. The van der Waals surface area contributed by atoms with E-state index in [1.54, 1.807) is 17.0 Å².